The van der Waals surface area contributed by atoms with E-state index in [0.717, 1.165) is 0 Å². The van der Waals surface area contributed by atoms with Crippen LogP contribution in [-0.4, -0.2) is 35.8 Å². The van der Waals surface area contributed by atoms with E-state index in [0.29, 0.717) is 0 Å². The van der Waals surface area contributed by atoms with Gasteiger partial charge >= 0.3 is 30.5 Å². The van der Waals surface area contributed by atoms with Crippen LogP contribution in [0.5, 0.6) is 0 Å². The average molecular weight is 227 g/mol. The molecule has 5 nitrogen and oxygen atoms in total. The van der Waals surface area contributed by atoms with Crippen molar-refractivity contribution < 1.29 is 21.3 Å². The molecule has 0 atom stereocenters. The molecule has 1 rings (SSSR count). The summed E-state index contributed by atoms with van der Waals surface area (Å²) in [6, 6.07) is 0. The zero-order valence-electron chi connectivity index (χ0n) is 6.27. The van der Waals surface area contributed by atoms with Crippen LogP contribution in [0, 0.1) is 0 Å². The molecule has 0 aromatic heterocycles. The van der Waals surface area contributed by atoms with Crippen LogP contribution in [0.2, 0.25) is 0 Å². The Bertz CT molecular complexity index is 111. The van der Waals surface area contributed by atoms with Crippen LogP contribution < -0.4 is 9.41 Å². The van der Waals surface area contributed by atoms with Crippen molar-refractivity contribution in [3.8, 4) is 0 Å². The summed E-state index contributed by atoms with van der Waals surface area (Å²) in [4.78, 5) is 0. The Morgan fingerprint density at radius 3 is 1.64 bits per heavy atom. The molecule has 68 valence electrons. The molecule has 11 heavy (non-hydrogen) atoms. The molecule has 0 bridgehead atoms. The number of quaternary nitrogens is 1. The molecule has 0 aliphatic carbocycles. The normalized spacial score (nSPS) is 18.5. The Kier molecular flexibility index (Phi) is 5.90. The molecule has 4 N–H and O–H groups in total. The molecule has 0 aromatic rings. The summed E-state index contributed by atoms with van der Waals surface area (Å²) in [5, 5.41) is 2.39. The van der Waals surface area contributed by atoms with Crippen molar-refractivity contribution in [2.24, 2.45) is 0 Å². The third-order valence-corrected chi connectivity index (χ3v) is 1.32. The third-order valence-electron chi connectivity index (χ3n) is 1.32. The molecule has 1 heterocycles. The second kappa shape index (κ2) is 5.80. The van der Waals surface area contributed by atoms with Gasteiger partial charge in [-0.15, -0.1) is 0 Å². The first-order chi connectivity index (χ1) is 5.00. The van der Waals surface area contributed by atoms with Crippen LogP contribution in [0.4, 0.5) is 0 Å². The van der Waals surface area contributed by atoms with Crippen molar-refractivity contribution in [2.75, 3.05) is 13.1 Å². The number of piperidine rings is 1. The van der Waals surface area contributed by atoms with Crippen LogP contribution in [0.25, 0.3) is 0 Å². The zero-order valence-corrected chi connectivity index (χ0v) is 8.15. The topological polar surface area (TPSA) is 97.2 Å². The summed E-state index contributed by atoms with van der Waals surface area (Å²) >= 11 is -5.38. The second-order valence-electron chi connectivity index (χ2n) is 2.42. The van der Waals surface area contributed by atoms with Crippen molar-refractivity contribution in [3.05, 3.63) is 0 Å². The van der Waals surface area contributed by atoms with Crippen LogP contribution >= 0.6 is 0 Å². The fourth-order valence-corrected chi connectivity index (χ4v) is 0.898. The molecule has 0 spiro atoms. The van der Waals surface area contributed by atoms with Gasteiger partial charge in [0, 0.05) is 0 Å². The van der Waals surface area contributed by atoms with Crippen LogP contribution in [-0.2, 0) is 3.74 Å². The van der Waals surface area contributed by atoms with Crippen LogP contribution in [0.3, 0.4) is 0 Å². The van der Waals surface area contributed by atoms with Gasteiger partial charge in [-0.2, -0.15) is 0 Å². The van der Waals surface area contributed by atoms with Gasteiger partial charge in [-0.25, -0.2) is 0 Å². The molecule has 1 fully saturated rings. The van der Waals surface area contributed by atoms with E-state index in [2.05, 4.69) is 5.32 Å². The monoisotopic (exact) mass is 227 g/mol. The van der Waals surface area contributed by atoms with E-state index in [1.165, 1.54) is 32.4 Å². The van der Waals surface area contributed by atoms with Gasteiger partial charge in [-0.1, -0.05) is 0 Å². The molecule has 1 aliphatic rings. The molecule has 0 unspecified atom stereocenters. The van der Waals surface area contributed by atoms with Crippen molar-refractivity contribution in [1.29, 1.82) is 0 Å². The minimum absolute atomic E-state index is 1.38. The number of hydrogen-bond donors (Lipinski definition) is 3. The summed E-state index contributed by atoms with van der Waals surface area (Å²) in [5.41, 5.74) is 0. The van der Waals surface area contributed by atoms with Crippen molar-refractivity contribution in [2.45, 2.75) is 19.3 Å². The summed E-state index contributed by atoms with van der Waals surface area (Å²) in [7, 11) is 0. The average Bonchev–Trinajstić information content (AvgIpc) is 1.88. The van der Waals surface area contributed by atoms with Gasteiger partial charge in [0.2, 0.25) is 0 Å². The fourth-order valence-electron chi connectivity index (χ4n) is 0.898. The summed E-state index contributed by atoms with van der Waals surface area (Å²) in [6.45, 7) is 2.75. The van der Waals surface area contributed by atoms with Gasteiger partial charge in [0.15, 0.2) is 0 Å². The molecular formula is C5H14AsNO4. The summed E-state index contributed by atoms with van der Waals surface area (Å²) in [6.07, 6.45) is 4.36. The van der Waals surface area contributed by atoms with Gasteiger partial charge in [0.1, 0.15) is 0 Å². The quantitative estimate of drug-likeness (QED) is 0.382. The van der Waals surface area contributed by atoms with Crippen molar-refractivity contribution >= 4 is 14.5 Å². The Balaban J connectivity index is 0.000000187. The van der Waals surface area contributed by atoms with E-state index in [4.69, 9.17) is 16.0 Å². The standard InChI is InChI=1S/C5H11N.AsH3O4/c1-2-4-6-5-3-1;2-1(3,4)5/h6H,1-5H2;(H3,2,3,4,5). The number of hydrogen-bond acceptors (Lipinski definition) is 2. The maximum absolute atomic E-state index is 8.83. The first kappa shape index (κ1) is 11.2. The van der Waals surface area contributed by atoms with E-state index < -0.39 is 14.5 Å². The SMILES string of the molecule is C1CC[NH2+]CC1.O=[As]([O-])(O)O. The van der Waals surface area contributed by atoms with Gasteiger partial charge in [-0.05, 0) is 19.3 Å². The van der Waals surface area contributed by atoms with Gasteiger partial charge in [0.05, 0.1) is 13.1 Å². The zero-order chi connectivity index (χ0) is 8.74. The Hall–Kier alpha value is 0.198. The Morgan fingerprint density at radius 2 is 1.55 bits per heavy atom. The third kappa shape index (κ3) is 17.8. The predicted octanol–water partition coefficient (Wildman–Crippen LogP) is -3.07. The molecular weight excluding hydrogens is 213 g/mol. The van der Waals surface area contributed by atoms with Gasteiger partial charge in [-0.3, -0.25) is 0 Å². The van der Waals surface area contributed by atoms with Crippen molar-refractivity contribution in [3.63, 3.8) is 0 Å². The van der Waals surface area contributed by atoms with Crippen LogP contribution in [0.15, 0.2) is 0 Å². The maximum atomic E-state index is 8.83. The number of rotatable bonds is 0. The van der Waals surface area contributed by atoms with E-state index in [1.54, 1.807) is 0 Å². The predicted molar refractivity (Wildman–Crippen MR) is 36.4 cm³/mol. The Labute approximate surface area is 68.8 Å². The molecule has 1 saturated heterocycles. The molecule has 0 saturated carbocycles. The number of nitrogens with two attached hydrogens (primary N) is 1. The van der Waals surface area contributed by atoms with Gasteiger partial charge in [0.25, 0.3) is 0 Å². The molecule has 0 radical (unpaired) electrons. The van der Waals surface area contributed by atoms with Crippen molar-refractivity contribution in [1.82, 2.24) is 0 Å². The van der Waals surface area contributed by atoms with E-state index in [-0.39, 0.29) is 0 Å². The minimum atomic E-state index is -5.38. The molecule has 6 heteroatoms. The molecule has 1 aliphatic heterocycles. The first-order valence-corrected chi connectivity index (χ1v) is 6.79. The van der Waals surface area contributed by atoms with Gasteiger partial charge < -0.3 is 5.32 Å². The Morgan fingerprint density at radius 1 is 1.18 bits per heavy atom. The summed E-state index contributed by atoms with van der Waals surface area (Å²) < 4.78 is 31.9. The first-order valence-electron chi connectivity index (χ1n) is 3.58. The van der Waals surface area contributed by atoms with Crippen LogP contribution in [0.1, 0.15) is 19.3 Å². The fraction of sp³-hybridized carbons (Fsp3) is 1.00. The van der Waals surface area contributed by atoms with E-state index >= 15 is 0 Å². The van der Waals surface area contributed by atoms with E-state index in [1.807, 2.05) is 0 Å². The second-order valence-corrected chi connectivity index (χ2v) is 4.48. The van der Waals surface area contributed by atoms with E-state index in [9.17, 15) is 0 Å². The molecule has 0 aromatic carbocycles. The summed E-state index contributed by atoms with van der Waals surface area (Å²) in [5.74, 6) is 0. The molecule has 0 amide bonds.